The van der Waals surface area contributed by atoms with Gasteiger partial charge in [0, 0.05) is 6.08 Å². The summed E-state index contributed by atoms with van der Waals surface area (Å²) in [5.41, 5.74) is 0. The van der Waals surface area contributed by atoms with Crippen LogP contribution < -0.4 is 5.11 Å². The molecule has 0 aromatic heterocycles. The van der Waals surface area contributed by atoms with Crippen molar-refractivity contribution in [3.63, 3.8) is 0 Å². The van der Waals surface area contributed by atoms with Crippen LogP contribution in [-0.4, -0.2) is 11.1 Å². The molecule has 0 aliphatic heterocycles. The van der Waals surface area contributed by atoms with Gasteiger partial charge >= 0.3 is 5.97 Å². The van der Waals surface area contributed by atoms with E-state index in [0.717, 1.165) is 0 Å². The van der Waals surface area contributed by atoms with Crippen molar-refractivity contribution in [3.8, 4) is 0 Å². The Kier molecular flexibility index (Phi) is 1.91. The highest BCUT2D eigenvalue weighted by molar-refractivity contribution is 5.79. The summed E-state index contributed by atoms with van der Waals surface area (Å²) in [6, 6.07) is 0. The Morgan fingerprint density at radius 1 is 1.86 bits per heavy atom. The Labute approximate surface area is 40.9 Å². The Morgan fingerprint density at radius 3 is 2.29 bits per heavy atom. The van der Waals surface area contributed by atoms with Crippen molar-refractivity contribution in [1.29, 1.82) is 0 Å². The highest BCUT2D eigenvalue weighted by atomic mass is 16.4. The van der Waals surface area contributed by atoms with Crippen molar-refractivity contribution in [2.45, 2.75) is 6.92 Å². The van der Waals surface area contributed by atoms with Crippen molar-refractivity contribution < 1.29 is 15.0 Å². The first kappa shape index (κ1) is 6.01. The van der Waals surface area contributed by atoms with Crippen LogP contribution in [0.2, 0.25) is 0 Å². The maximum atomic E-state index is 9.82. The molecule has 0 rings (SSSR count). The zero-order chi connectivity index (χ0) is 5.86. The highest BCUT2D eigenvalue weighted by Crippen LogP contribution is 1.75. The number of aliphatic carboxylic acids is 1. The summed E-state index contributed by atoms with van der Waals surface area (Å²) in [5.74, 6) is -1.62. The minimum atomic E-state index is -1.19. The van der Waals surface area contributed by atoms with Gasteiger partial charge in [-0.3, -0.25) is 0 Å². The zero-order valence-corrected chi connectivity index (χ0v) is 3.84. The van der Waals surface area contributed by atoms with E-state index in [0.29, 0.717) is 6.08 Å². The van der Waals surface area contributed by atoms with Crippen molar-refractivity contribution >= 4 is 5.97 Å². The summed E-state index contributed by atoms with van der Waals surface area (Å²) < 4.78 is 0. The number of carbonyl (C=O) groups is 1. The average molecular weight is 101 g/mol. The molecule has 0 heterocycles. The largest absolute Gasteiger partial charge is 0.875 e. The fraction of sp³-hybridized carbons (Fsp3) is 0.250. The molecule has 0 unspecified atom stereocenters. The molecule has 0 aliphatic carbocycles. The number of carboxylic acid groups (broad SMARTS) is 1. The second kappa shape index (κ2) is 2.23. The molecule has 0 fully saturated rings. The Hall–Kier alpha value is -0.990. The fourth-order valence-electron chi connectivity index (χ4n) is 0.174. The predicted molar refractivity (Wildman–Crippen MR) is 21.4 cm³/mol. The molecule has 3 heteroatoms. The van der Waals surface area contributed by atoms with E-state index < -0.39 is 11.7 Å². The van der Waals surface area contributed by atoms with Crippen LogP contribution in [-0.2, 0) is 4.79 Å². The van der Waals surface area contributed by atoms with Crippen LogP contribution in [0.1, 0.15) is 6.92 Å². The van der Waals surface area contributed by atoms with E-state index in [1.54, 1.807) is 0 Å². The molecule has 0 aromatic rings. The van der Waals surface area contributed by atoms with E-state index in [1.807, 2.05) is 0 Å². The van der Waals surface area contributed by atoms with Crippen LogP contribution in [0.5, 0.6) is 0 Å². The first-order valence-corrected chi connectivity index (χ1v) is 1.71. The third-order valence-corrected chi connectivity index (χ3v) is 0.327. The molecule has 7 heavy (non-hydrogen) atoms. The van der Waals surface area contributed by atoms with Gasteiger partial charge in [-0.1, -0.05) is 6.92 Å². The third kappa shape index (κ3) is 5.01. The lowest BCUT2D eigenvalue weighted by Crippen LogP contribution is -2.01. The van der Waals surface area contributed by atoms with Crippen LogP contribution in [0.4, 0.5) is 0 Å². The van der Waals surface area contributed by atoms with E-state index in [1.165, 1.54) is 6.92 Å². The standard InChI is InChI=1S/C4H6O3/c1-3(5)2-4(6)7/h2,5H,1H3,(H,6,7)/p-1. The third-order valence-electron chi connectivity index (χ3n) is 0.327. The molecule has 0 atom stereocenters. The lowest BCUT2D eigenvalue weighted by molar-refractivity contribution is -0.301. The zero-order valence-electron chi connectivity index (χ0n) is 3.84. The summed E-state index contributed by atoms with van der Waals surface area (Å²) in [5, 5.41) is 17.6. The molecule has 40 valence electrons. The number of allylic oxidation sites excluding steroid dienone is 1. The maximum absolute atomic E-state index is 9.82. The molecule has 0 saturated carbocycles. The summed E-state index contributed by atoms with van der Waals surface area (Å²) in [6.07, 6.45) is 0.611. The summed E-state index contributed by atoms with van der Waals surface area (Å²) in [7, 11) is 0. The molecular formula is C4H5O3-. The summed E-state index contributed by atoms with van der Waals surface area (Å²) in [6.45, 7) is 1.19. The minimum absolute atomic E-state index is 0.437. The van der Waals surface area contributed by atoms with Gasteiger partial charge in [-0.05, 0) is 0 Å². The SMILES string of the molecule is CC([O-])=CC(=O)O. The quantitative estimate of drug-likeness (QED) is 0.352. The van der Waals surface area contributed by atoms with E-state index in [9.17, 15) is 9.90 Å². The second-order valence-corrected chi connectivity index (χ2v) is 1.09. The van der Waals surface area contributed by atoms with Crippen LogP contribution in [0, 0.1) is 0 Å². The summed E-state index contributed by atoms with van der Waals surface area (Å²) >= 11 is 0. The van der Waals surface area contributed by atoms with Gasteiger partial charge in [0.25, 0.3) is 0 Å². The predicted octanol–water partition coefficient (Wildman–Crippen LogP) is -0.665. The van der Waals surface area contributed by atoms with Gasteiger partial charge in [0.1, 0.15) is 0 Å². The van der Waals surface area contributed by atoms with Crippen molar-refractivity contribution in [2.24, 2.45) is 0 Å². The van der Waals surface area contributed by atoms with Gasteiger partial charge in [-0.15, -0.1) is 5.76 Å². The molecular weight excluding hydrogens is 96.0 g/mol. The van der Waals surface area contributed by atoms with Gasteiger partial charge in [0.05, 0.1) is 0 Å². The van der Waals surface area contributed by atoms with E-state index in [-0.39, 0.29) is 0 Å². The second-order valence-electron chi connectivity index (χ2n) is 1.09. The highest BCUT2D eigenvalue weighted by Gasteiger charge is 1.79. The van der Waals surface area contributed by atoms with Gasteiger partial charge in [-0.2, -0.15) is 0 Å². The number of carboxylic acids is 1. The Bertz CT molecular complexity index is 99.5. The molecule has 0 spiro atoms. The maximum Gasteiger partial charge on any atom is 0.327 e. The topological polar surface area (TPSA) is 60.4 Å². The molecule has 0 saturated heterocycles. The fourth-order valence-corrected chi connectivity index (χ4v) is 0.174. The van der Waals surface area contributed by atoms with Gasteiger partial charge in [-0.25, -0.2) is 4.79 Å². The minimum Gasteiger partial charge on any atom is -0.875 e. The molecule has 0 aliphatic rings. The summed E-state index contributed by atoms with van der Waals surface area (Å²) in [4.78, 5) is 9.53. The molecule has 0 amide bonds. The Balaban J connectivity index is 3.68. The molecule has 0 aromatic carbocycles. The Morgan fingerprint density at radius 2 is 2.29 bits per heavy atom. The monoisotopic (exact) mass is 101 g/mol. The molecule has 1 N–H and O–H groups in total. The van der Waals surface area contributed by atoms with Crippen LogP contribution in [0.15, 0.2) is 11.8 Å². The van der Waals surface area contributed by atoms with Gasteiger partial charge < -0.3 is 10.2 Å². The van der Waals surface area contributed by atoms with Crippen molar-refractivity contribution in [1.82, 2.24) is 0 Å². The van der Waals surface area contributed by atoms with E-state index >= 15 is 0 Å². The van der Waals surface area contributed by atoms with Crippen LogP contribution in [0.25, 0.3) is 0 Å². The number of hydrogen-bond donors (Lipinski definition) is 1. The van der Waals surface area contributed by atoms with Crippen molar-refractivity contribution in [2.75, 3.05) is 0 Å². The van der Waals surface area contributed by atoms with Crippen molar-refractivity contribution in [3.05, 3.63) is 11.8 Å². The van der Waals surface area contributed by atoms with Crippen LogP contribution >= 0.6 is 0 Å². The number of hydrogen-bond acceptors (Lipinski definition) is 2. The first-order chi connectivity index (χ1) is 3.13. The van der Waals surface area contributed by atoms with Crippen LogP contribution in [0.3, 0.4) is 0 Å². The smallest absolute Gasteiger partial charge is 0.327 e. The molecule has 0 bridgehead atoms. The molecule has 0 radical (unpaired) electrons. The number of rotatable bonds is 1. The average Bonchev–Trinajstić information content (AvgIpc) is 1.27. The normalized spacial score (nSPS) is 11.3. The lowest BCUT2D eigenvalue weighted by atomic mass is 10.5. The van der Waals surface area contributed by atoms with E-state index in [2.05, 4.69) is 0 Å². The molecule has 3 nitrogen and oxygen atoms in total. The van der Waals surface area contributed by atoms with Gasteiger partial charge in [0.2, 0.25) is 0 Å². The van der Waals surface area contributed by atoms with Gasteiger partial charge in [0.15, 0.2) is 0 Å². The first-order valence-electron chi connectivity index (χ1n) is 1.71. The lowest BCUT2D eigenvalue weighted by Gasteiger charge is -1.97. The van der Waals surface area contributed by atoms with E-state index in [4.69, 9.17) is 5.11 Å².